The first-order valence-corrected chi connectivity index (χ1v) is 5.49. The van der Waals surface area contributed by atoms with E-state index >= 15 is 0 Å². The van der Waals surface area contributed by atoms with E-state index in [0.717, 1.165) is 12.3 Å². The van der Waals surface area contributed by atoms with Crippen LogP contribution in [0, 0.1) is 11.8 Å². The fraction of sp³-hybridized carbons (Fsp3) is 0.727. The molecule has 82 valence electrons. The Morgan fingerprint density at radius 2 is 2.40 bits per heavy atom. The number of carbonyl (C=O) groups excluding carboxylic acids is 1. The van der Waals surface area contributed by atoms with E-state index in [2.05, 4.69) is 11.9 Å². The third-order valence-electron chi connectivity index (χ3n) is 3.64. The van der Waals surface area contributed by atoms with Gasteiger partial charge in [-0.05, 0) is 24.7 Å². The molecule has 15 heavy (non-hydrogen) atoms. The lowest BCUT2D eigenvalue weighted by atomic mass is 9.96. The fourth-order valence-corrected chi connectivity index (χ4v) is 2.92. The van der Waals surface area contributed by atoms with Gasteiger partial charge in [-0.25, -0.2) is 4.79 Å². The SMILES string of the molecule is C=CCOC(=O)N[C@@H]1C[C@@H]2O[C@H]1[C@H]1C[C@H]12. The Kier molecular flexibility index (Phi) is 1.99. The van der Waals surface area contributed by atoms with Crippen molar-refractivity contribution < 1.29 is 14.3 Å². The summed E-state index contributed by atoms with van der Waals surface area (Å²) in [6, 6.07) is 0.163. The zero-order valence-electron chi connectivity index (χ0n) is 8.52. The highest BCUT2D eigenvalue weighted by atomic mass is 16.6. The van der Waals surface area contributed by atoms with Crippen LogP contribution in [0.2, 0.25) is 0 Å². The van der Waals surface area contributed by atoms with Crippen LogP contribution in [0.5, 0.6) is 0 Å². The van der Waals surface area contributed by atoms with Crippen molar-refractivity contribution >= 4 is 6.09 Å². The highest BCUT2D eigenvalue weighted by molar-refractivity contribution is 5.68. The molecule has 1 N–H and O–H groups in total. The highest BCUT2D eigenvalue weighted by Gasteiger charge is 2.63. The Bertz CT molecular complexity index is 304. The van der Waals surface area contributed by atoms with Gasteiger partial charge in [0.1, 0.15) is 6.61 Å². The predicted molar refractivity (Wildman–Crippen MR) is 53.3 cm³/mol. The minimum absolute atomic E-state index is 0.163. The van der Waals surface area contributed by atoms with Gasteiger partial charge in [-0.1, -0.05) is 12.7 Å². The number of hydrogen-bond acceptors (Lipinski definition) is 3. The van der Waals surface area contributed by atoms with E-state index in [0.29, 0.717) is 12.0 Å². The summed E-state index contributed by atoms with van der Waals surface area (Å²) in [5.74, 6) is 1.49. The number of carbonyl (C=O) groups is 1. The number of ether oxygens (including phenoxy) is 2. The molecule has 2 heterocycles. The zero-order chi connectivity index (χ0) is 10.4. The summed E-state index contributed by atoms with van der Waals surface area (Å²) in [6.07, 6.45) is 4.09. The van der Waals surface area contributed by atoms with Crippen LogP contribution in [0.3, 0.4) is 0 Å². The maximum Gasteiger partial charge on any atom is 0.407 e. The molecule has 5 atom stereocenters. The first-order valence-electron chi connectivity index (χ1n) is 5.49. The van der Waals surface area contributed by atoms with Crippen molar-refractivity contribution in [2.24, 2.45) is 11.8 Å². The molecule has 4 nitrogen and oxygen atoms in total. The number of hydrogen-bond donors (Lipinski definition) is 1. The third kappa shape index (κ3) is 1.44. The second kappa shape index (κ2) is 3.23. The van der Waals surface area contributed by atoms with Gasteiger partial charge in [0, 0.05) is 0 Å². The Hall–Kier alpha value is -1.03. The first-order chi connectivity index (χ1) is 7.29. The molecule has 0 spiro atoms. The van der Waals surface area contributed by atoms with Crippen LogP contribution < -0.4 is 5.32 Å². The summed E-state index contributed by atoms with van der Waals surface area (Å²) in [5.41, 5.74) is 0. The van der Waals surface area contributed by atoms with Gasteiger partial charge in [0.2, 0.25) is 0 Å². The van der Waals surface area contributed by atoms with Crippen molar-refractivity contribution in [2.45, 2.75) is 31.1 Å². The molecule has 0 aromatic rings. The lowest BCUT2D eigenvalue weighted by Gasteiger charge is -2.19. The highest BCUT2D eigenvalue weighted by Crippen LogP contribution is 2.58. The smallest absolute Gasteiger partial charge is 0.407 e. The van der Waals surface area contributed by atoms with Crippen molar-refractivity contribution in [2.75, 3.05) is 6.61 Å². The van der Waals surface area contributed by atoms with Crippen LogP contribution in [-0.4, -0.2) is 30.9 Å². The first kappa shape index (κ1) is 9.21. The summed E-state index contributed by atoms with van der Waals surface area (Å²) in [7, 11) is 0. The molecule has 3 rings (SSSR count). The number of rotatable bonds is 3. The van der Waals surface area contributed by atoms with E-state index in [4.69, 9.17) is 9.47 Å². The summed E-state index contributed by atoms with van der Waals surface area (Å²) >= 11 is 0. The molecule has 1 amide bonds. The van der Waals surface area contributed by atoms with Crippen LogP contribution in [0.25, 0.3) is 0 Å². The molecule has 2 saturated heterocycles. The van der Waals surface area contributed by atoms with Crippen molar-refractivity contribution in [3.8, 4) is 0 Å². The largest absolute Gasteiger partial charge is 0.445 e. The van der Waals surface area contributed by atoms with Crippen molar-refractivity contribution in [3.05, 3.63) is 12.7 Å². The fourth-order valence-electron chi connectivity index (χ4n) is 2.92. The predicted octanol–water partition coefficient (Wildman–Crippen LogP) is 1.07. The number of alkyl carbamates (subject to hydrolysis) is 1. The van der Waals surface area contributed by atoms with Gasteiger partial charge in [0.05, 0.1) is 18.2 Å². The van der Waals surface area contributed by atoms with Crippen molar-refractivity contribution in [1.29, 1.82) is 0 Å². The van der Waals surface area contributed by atoms with Crippen LogP contribution in [0.15, 0.2) is 12.7 Å². The molecule has 4 heteroatoms. The molecule has 1 saturated carbocycles. The Labute approximate surface area is 88.6 Å². The quantitative estimate of drug-likeness (QED) is 0.707. The molecule has 0 unspecified atom stereocenters. The molecule has 3 aliphatic rings. The maximum absolute atomic E-state index is 11.3. The molecule has 2 bridgehead atoms. The second-order valence-corrected chi connectivity index (χ2v) is 4.58. The van der Waals surface area contributed by atoms with Gasteiger partial charge in [-0.3, -0.25) is 0 Å². The lowest BCUT2D eigenvalue weighted by molar-refractivity contribution is 0.0646. The monoisotopic (exact) mass is 209 g/mol. The molecule has 0 radical (unpaired) electrons. The van der Waals surface area contributed by atoms with Crippen LogP contribution in [0.4, 0.5) is 4.79 Å². The van der Waals surface area contributed by atoms with Gasteiger partial charge in [-0.2, -0.15) is 0 Å². The summed E-state index contributed by atoms with van der Waals surface area (Å²) in [5, 5.41) is 2.87. The van der Waals surface area contributed by atoms with Gasteiger partial charge in [0.25, 0.3) is 0 Å². The van der Waals surface area contributed by atoms with Gasteiger partial charge < -0.3 is 14.8 Å². The summed E-state index contributed by atoms with van der Waals surface area (Å²) in [4.78, 5) is 11.3. The number of nitrogens with one attached hydrogen (secondary N) is 1. The van der Waals surface area contributed by atoms with E-state index in [1.807, 2.05) is 0 Å². The van der Waals surface area contributed by atoms with E-state index in [1.165, 1.54) is 6.42 Å². The Morgan fingerprint density at radius 1 is 1.53 bits per heavy atom. The molecular weight excluding hydrogens is 194 g/mol. The molecule has 0 aromatic carbocycles. The Morgan fingerprint density at radius 3 is 3.07 bits per heavy atom. The molecular formula is C11H15NO3. The third-order valence-corrected chi connectivity index (χ3v) is 3.64. The minimum Gasteiger partial charge on any atom is -0.445 e. The van der Waals surface area contributed by atoms with Crippen LogP contribution in [0.1, 0.15) is 12.8 Å². The Balaban J connectivity index is 1.52. The summed E-state index contributed by atoms with van der Waals surface area (Å²) < 4.78 is 10.6. The van der Waals surface area contributed by atoms with Gasteiger partial charge in [0.15, 0.2) is 0 Å². The maximum atomic E-state index is 11.3. The topological polar surface area (TPSA) is 47.6 Å². The molecule has 3 fully saturated rings. The second-order valence-electron chi connectivity index (χ2n) is 4.58. The van der Waals surface area contributed by atoms with Crippen molar-refractivity contribution in [3.63, 3.8) is 0 Å². The normalized spacial score (nSPS) is 44.7. The van der Waals surface area contributed by atoms with E-state index in [-0.39, 0.29) is 24.8 Å². The number of amides is 1. The number of fused-ring (bicyclic) bond motifs is 5. The average molecular weight is 209 g/mol. The average Bonchev–Trinajstić information content (AvgIpc) is 2.85. The van der Waals surface area contributed by atoms with E-state index in [1.54, 1.807) is 6.08 Å². The van der Waals surface area contributed by atoms with Crippen LogP contribution in [-0.2, 0) is 9.47 Å². The van der Waals surface area contributed by atoms with Gasteiger partial charge in [-0.15, -0.1) is 0 Å². The summed E-state index contributed by atoms with van der Waals surface area (Å²) in [6.45, 7) is 3.76. The zero-order valence-corrected chi connectivity index (χ0v) is 8.52. The standard InChI is InChI=1S/C11H15NO3/c1-2-3-14-11(13)12-8-5-9-6-4-7(6)10(8)15-9/h2,6-10H,1,3-5H2,(H,12,13)/t6-,7+,8-,9+,10+/m1/s1. The van der Waals surface area contributed by atoms with Crippen molar-refractivity contribution in [1.82, 2.24) is 5.32 Å². The van der Waals surface area contributed by atoms with Gasteiger partial charge >= 0.3 is 6.09 Å². The minimum atomic E-state index is -0.353. The molecule has 0 aromatic heterocycles. The van der Waals surface area contributed by atoms with Crippen LogP contribution >= 0.6 is 0 Å². The van der Waals surface area contributed by atoms with E-state index in [9.17, 15) is 4.79 Å². The molecule has 1 aliphatic carbocycles. The van der Waals surface area contributed by atoms with E-state index < -0.39 is 0 Å². The lowest BCUT2D eigenvalue weighted by Crippen LogP contribution is -2.42. The molecule has 2 aliphatic heterocycles.